The average molecular weight is 506 g/mol. The van der Waals surface area contributed by atoms with Crippen LogP contribution in [0, 0.1) is 0 Å². The van der Waals surface area contributed by atoms with Crippen molar-refractivity contribution in [3.05, 3.63) is 76.6 Å². The Morgan fingerprint density at radius 1 is 1.03 bits per heavy atom. The summed E-state index contributed by atoms with van der Waals surface area (Å²) in [6, 6.07) is 12.8. The lowest BCUT2D eigenvalue weighted by molar-refractivity contribution is -0.137. The fraction of sp³-hybridized carbons (Fsp3) is 0.367. The zero-order valence-corrected chi connectivity index (χ0v) is 20.6. The number of benzene rings is 2. The first-order chi connectivity index (χ1) is 17.9. The summed E-state index contributed by atoms with van der Waals surface area (Å²) in [5.74, 6) is 0.269. The topological polar surface area (TPSA) is 48.1 Å². The van der Waals surface area contributed by atoms with Gasteiger partial charge >= 0.3 is 6.18 Å². The van der Waals surface area contributed by atoms with Crippen LogP contribution in [0.4, 0.5) is 18.9 Å². The number of likely N-dealkylation sites (tertiary alicyclic amines) is 1. The molecule has 6 rings (SSSR count). The monoisotopic (exact) mass is 505 g/mol. The van der Waals surface area contributed by atoms with E-state index in [1.807, 2.05) is 6.08 Å². The maximum atomic E-state index is 13.4. The molecule has 1 saturated heterocycles. The number of amides is 1. The SMILES string of the molecule is O=C1Nc2cccc(-c3cccc(C(F)(F)F)c3)c2/C1=C/c1cc2c([nH]1)CCCC2CCN1CCCC1. The van der Waals surface area contributed by atoms with Crippen molar-refractivity contribution >= 4 is 23.2 Å². The maximum Gasteiger partial charge on any atom is 0.416 e. The molecular weight excluding hydrogens is 475 g/mol. The van der Waals surface area contributed by atoms with Crippen molar-refractivity contribution in [2.24, 2.45) is 0 Å². The minimum Gasteiger partial charge on any atom is -0.359 e. The van der Waals surface area contributed by atoms with Gasteiger partial charge in [-0.25, -0.2) is 0 Å². The largest absolute Gasteiger partial charge is 0.416 e. The molecule has 1 aromatic heterocycles. The fourth-order valence-electron chi connectivity index (χ4n) is 6.16. The van der Waals surface area contributed by atoms with E-state index < -0.39 is 11.7 Å². The number of nitrogens with one attached hydrogen (secondary N) is 2. The number of aromatic amines is 1. The van der Waals surface area contributed by atoms with Crippen molar-refractivity contribution < 1.29 is 18.0 Å². The van der Waals surface area contributed by atoms with Crippen LogP contribution < -0.4 is 5.32 Å². The molecule has 2 N–H and O–H groups in total. The minimum atomic E-state index is -4.44. The number of nitrogens with zero attached hydrogens (tertiary/aromatic N) is 1. The Kier molecular flexibility index (Phi) is 6.19. The molecule has 1 aliphatic carbocycles. The number of fused-ring (bicyclic) bond motifs is 2. The number of hydrogen-bond donors (Lipinski definition) is 2. The Morgan fingerprint density at radius 2 is 1.84 bits per heavy atom. The lowest BCUT2D eigenvalue weighted by Crippen LogP contribution is -2.23. The number of carbonyl (C=O) groups excluding carboxylic acids is 1. The van der Waals surface area contributed by atoms with Gasteiger partial charge in [-0.05, 0) is 111 Å². The van der Waals surface area contributed by atoms with E-state index in [1.54, 1.807) is 24.3 Å². The lowest BCUT2D eigenvalue weighted by Gasteiger charge is -2.25. The third-order valence-electron chi connectivity index (χ3n) is 7.99. The molecule has 3 aliphatic rings. The Bertz CT molecular complexity index is 1360. The van der Waals surface area contributed by atoms with Crippen LogP contribution >= 0.6 is 0 Å². The second kappa shape index (κ2) is 9.53. The Labute approximate surface area is 214 Å². The predicted octanol–water partition coefficient (Wildman–Crippen LogP) is 7.10. The van der Waals surface area contributed by atoms with E-state index in [2.05, 4.69) is 21.3 Å². The van der Waals surface area contributed by atoms with E-state index in [-0.39, 0.29) is 5.91 Å². The number of H-pyrrole nitrogens is 1. The first-order valence-corrected chi connectivity index (χ1v) is 13.1. The number of aromatic nitrogens is 1. The number of anilines is 1. The zero-order chi connectivity index (χ0) is 25.6. The van der Waals surface area contributed by atoms with Gasteiger partial charge < -0.3 is 15.2 Å². The summed E-state index contributed by atoms with van der Waals surface area (Å²) in [7, 11) is 0. The van der Waals surface area contributed by atoms with Crippen LogP contribution in [0.3, 0.4) is 0 Å². The Hall–Kier alpha value is -3.32. The highest BCUT2D eigenvalue weighted by Gasteiger charge is 2.32. The highest BCUT2D eigenvalue weighted by atomic mass is 19.4. The number of aryl methyl sites for hydroxylation is 1. The summed E-state index contributed by atoms with van der Waals surface area (Å²) in [6.45, 7) is 3.53. The predicted molar refractivity (Wildman–Crippen MR) is 140 cm³/mol. The first kappa shape index (κ1) is 24.0. The van der Waals surface area contributed by atoms with Gasteiger partial charge in [0, 0.05) is 22.6 Å². The molecule has 2 aromatic carbocycles. The number of hydrogen-bond acceptors (Lipinski definition) is 2. The number of rotatable bonds is 5. The van der Waals surface area contributed by atoms with E-state index in [9.17, 15) is 18.0 Å². The van der Waals surface area contributed by atoms with Gasteiger partial charge in [-0.15, -0.1) is 0 Å². The molecule has 37 heavy (non-hydrogen) atoms. The van der Waals surface area contributed by atoms with Gasteiger partial charge in [0.1, 0.15) is 0 Å². The molecule has 0 spiro atoms. The molecule has 1 atom stereocenters. The summed E-state index contributed by atoms with van der Waals surface area (Å²) in [5.41, 5.74) is 5.52. The molecule has 3 aromatic rings. The average Bonchev–Trinajstić information content (AvgIpc) is 3.61. The summed E-state index contributed by atoms with van der Waals surface area (Å²) in [6.07, 6.45) is 4.48. The summed E-state index contributed by atoms with van der Waals surface area (Å²) in [5, 5.41) is 2.90. The van der Waals surface area contributed by atoms with E-state index in [1.165, 1.54) is 49.7 Å². The van der Waals surface area contributed by atoms with E-state index >= 15 is 0 Å². The van der Waals surface area contributed by atoms with Gasteiger partial charge in [-0.3, -0.25) is 4.79 Å². The molecule has 1 amide bonds. The van der Waals surface area contributed by atoms with Crippen molar-refractivity contribution in [1.82, 2.24) is 9.88 Å². The number of alkyl halides is 3. The van der Waals surface area contributed by atoms with Crippen molar-refractivity contribution in [1.29, 1.82) is 0 Å². The molecule has 0 bridgehead atoms. The summed E-state index contributed by atoms with van der Waals surface area (Å²) >= 11 is 0. The molecule has 3 heterocycles. The lowest BCUT2D eigenvalue weighted by atomic mass is 9.84. The van der Waals surface area contributed by atoms with Gasteiger partial charge in [-0.1, -0.05) is 24.3 Å². The molecule has 1 fully saturated rings. The van der Waals surface area contributed by atoms with Gasteiger partial charge in [0.25, 0.3) is 5.91 Å². The van der Waals surface area contributed by atoms with Crippen molar-refractivity contribution in [3.63, 3.8) is 0 Å². The first-order valence-electron chi connectivity index (χ1n) is 13.1. The zero-order valence-electron chi connectivity index (χ0n) is 20.6. The van der Waals surface area contributed by atoms with Crippen LogP contribution in [0.15, 0.2) is 48.5 Å². The van der Waals surface area contributed by atoms with Crippen molar-refractivity contribution in [2.75, 3.05) is 25.0 Å². The molecule has 0 saturated carbocycles. The van der Waals surface area contributed by atoms with Crippen molar-refractivity contribution in [2.45, 2.75) is 50.6 Å². The quantitative estimate of drug-likeness (QED) is 0.364. The molecule has 0 radical (unpaired) electrons. The Morgan fingerprint density at radius 3 is 2.65 bits per heavy atom. The third-order valence-corrected chi connectivity index (χ3v) is 7.99. The van der Waals surface area contributed by atoms with Crippen LogP contribution in [0.1, 0.15) is 66.1 Å². The summed E-state index contributed by atoms with van der Waals surface area (Å²) in [4.78, 5) is 19.1. The molecule has 192 valence electrons. The third kappa shape index (κ3) is 4.73. The number of carbonyl (C=O) groups is 1. The van der Waals surface area contributed by atoms with Gasteiger partial charge in [0.05, 0.1) is 11.1 Å². The highest BCUT2D eigenvalue weighted by molar-refractivity contribution is 6.36. The molecule has 7 heteroatoms. The molecule has 1 unspecified atom stereocenters. The van der Waals surface area contributed by atoms with E-state index in [4.69, 9.17) is 0 Å². The van der Waals surface area contributed by atoms with Crippen LogP contribution in [0.5, 0.6) is 0 Å². The maximum absolute atomic E-state index is 13.4. The van der Waals surface area contributed by atoms with Gasteiger partial charge in [0.15, 0.2) is 0 Å². The molecule has 4 nitrogen and oxygen atoms in total. The molecular formula is C30H30F3N3O. The number of halogens is 3. The van der Waals surface area contributed by atoms with E-state index in [0.29, 0.717) is 33.9 Å². The van der Waals surface area contributed by atoms with Crippen molar-refractivity contribution in [3.8, 4) is 11.1 Å². The highest BCUT2D eigenvalue weighted by Crippen LogP contribution is 2.42. The van der Waals surface area contributed by atoms with Gasteiger partial charge in [0.2, 0.25) is 0 Å². The van der Waals surface area contributed by atoms with Crippen LogP contribution in [0.2, 0.25) is 0 Å². The molecule has 2 aliphatic heterocycles. The van der Waals surface area contributed by atoms with E-state index in [0.717, 1.165) is 43.6 Å². The Balaban J connectivity index is 1.34. The smallest absolute Gasteiger partial charge is 0.359 e. The normalized spacial score (nSPS) is 20.8. The fourth-order valence-corrected chi connectivity index (χ4v) is 6.16. The van der Waals surface area contributed by atoms with Gasteiger partial charge in [-0.2, -0.15) is 13.2 Å². The summed E-state index contributed by atoms with van der Waals surface area (Å²) < 4.78 is 40.2. The standard InChI is InChI=1S/C30H30F3N3O/c31-30(32,33)21-8-3-7-20(16-21)23-9-5-11-27-28(23)25(29(37)35-27)18-22-17-24-19(6-4-10-26(24)34-22)12-15-36-13-1-2-14-36/h3,5,7-9,11,16-19,34H,1-2,4,6,10,12-15H2,(H,35,37)/b25-18-. The second-order valence-corrected chi connectivity index (χ2v) is 10.4. The van der Waals surface area contributed by atoms with Crippen LogP contribution in [-0.4, -0.2) is 35.4 Å². The second-order valence-electron chi connectivity index (χ2n) is 10.4. The van der Waals surface area contributed by atoms with Crippen LogP contribution in [-0.2, 0) is 17.4 Å². The van der Waals surface area contributed by atoms with Crippen LogP contribution in [0.25, 0.3) is 22.8 Å². The minimum absolute atomic E-state index is 0.243.